The monoisotopic (exact) mass is 346 g/mol. The molecular formula is C21H22N4O. The van der Waals surface area contributed by atoms with E-state index in [4.69, 9.17) is 4.98 Å². The Kier molecular flexibility index (Phi) is 4.44. The largest absolute Gasteiger partial charge is 0.618 e. The van der Waals surface area contributed by atoms with Crippen LogP contribution in [0.4, 0.5) is 0 Å². The molecular weight excluding hydrogens is 324 g/mol. The lowest BCUT2D eigenvalue weighted by Gasteiger charge is -2.13. The number of nitrogens with zero attached hydrogens (tertiary/aromatic N) is 3. The van der Waals surface area contributed by atoms with E-state index in [1.54, 1.807) is 6.20 Å². The van der Waals surface area contributed by atoms with Gasteiger partial charge in [0.25, 0.3) is 0 Å². The molecule has 2 heterocycles. The van der Waals surface area contributed by atoms with Gasteiger partial charge in [0.2, 0.25) is 11.7 Å². The highest BCUT2D eigenvalue weighted by Gasteiger charge is 2.18. The van der Waals surface area contributed by atoms with Crippen LogP contribution in [0.2, 0.25) is 0 Å². The van der Waals surface area contributed by atoms with E-state index in [1.807, 2.05) is 42.5 Å². The number of benzene rings is 2. The summed E-state index contributed by atoms with van der Waals surface area (Å²) in [5.74, 6) is 0.967. The van der Waals surface area contributed by atoms with Crippen LogP contribution in [0.5, 0.6) is 0 Å². The number of unbranched alkanes of at least 4 members (excludes halogenated alkanes) is 1. The third-order valence-electron chi connectivity index (χ3n) is 4.65. The van der Waals surface area contributed by atoms with Crippen LogP contribution in [-0.4, -0.2) is 9.66 Å². The molecule has 1 N–H and O–H groups in total. The first-order valence-corrected chi connectivity index (χ1v) is 9.08. The van der Waals surface area contributed by atoms with E-state index >= 15 is 0 Å². The number of hydrogen-bond donors (Lipinski definition) is 1. The molecule has 2 aromatic heterocycles. The van der Waals surface area contributed by atoms with Gasteiger partial charge < -0.3 is 10.6 Å². The molecule has 5 nitrogen and oxygen atoms in total. The van der Waals surface area contributed by atoms with Crippen molar-refractivity contribution in [3.8, 4) is 0 Å². The van der Waals surface area contributed by atoms with Crippen LogP contribution in [0.1, 0.15) is 31.2 Å². The average Bonchev–Trinajstić information content (AvgIpc) is 3.03. The Labute approximate surface area is 152 Å². The van der Waals surface area contributed by atoms with Crippen LogP contribution in [-0.2, 0) is 13.0 Å². The lowest BCUT2D eigenvalue weighted by atomic mass is 10.2. The van der Waals surface area contributed by atoms with Crippen molar-refractivity contribution in [2.75, 3.05) is 5.43 Å². The number of fused-ring (bicyclic) bond motifs is 3. The lowest BCUT2D eigenvalue weighted by molar-refractivity contribution is -0.575. The summed E-state index contributed by atoms with van der Waals surface area (Å²) >= 11 is 0. The molecule has 26 heavy (non-hydrogen) atoms. The van der Waals surface area contributed by atoms with Gasteiger partial charge in [0.1, 0.15) is 11.3 Å². The van der Waals surface area contributed by atoms with Crippen molar-refractivity contribution in [2.45, 2.75) is 32.7 Å². The zero-order valence-corrected chi connectivity index (χ0v) is 14.9. The average molecular weight is 346 g/mol. The van der Waals surface area contributed by atoms with Crippen LogP contribution in [0, 0.1) is 5.21 Å². The van der Waals surface area contributed by atoms with Gasteiger partial charge in [0.05, 0.1) is 11.9 Å². The number of para-hydroxylation sites is 1. The maximum Gasteiger partial charge on any atom is 0.226 e. The molecule has 4 aromatic rings. The molecule has 0 aliphatic heterocycles. The Morgan fingerprint density at radius 1 is 1.08 bits per heavy atom. The summed E-state index contributed by atoms with van der Waals surface area (Å²) in [4.78, 5) is 4.75. The number of nitrogens with one attached hydrogen (secondary N) is 1. The highest BCUT2D eigenvalue weighted by molar-refractivity contribution is 6.00. The number of imidazole rings is 1. The molecule has 0 amide bonds. The van der Waals surface area contributed by atoms with Crippen molar-refractivity contribution in [3.63, 3.8) is 0 Å². The molecule has 0 radical (unpaired) electrons. The summed E-state index contributed by atoms with van der Waals surface area (Å²) in [7, 11) is 0. The highest BCUT2D eigenvalue weighted by atomic mass is 16.5. The summed E-state index contributed by atoms with van der Waals surface area (Å²) in [5.41, 5.74) is 7.07. The van der Waals surface area contributed by atoms with E-state index in [0.717, 1.165) is 46.2 Å². The number of aromatic nitrogens is 3. The Hall–Kier alpha value is -3.08. The summed E-state index contributed by atoms with van der Waals surface area (Å²) in [6.45, 7) is 2.87. The Balaban J connectivity index is 1.85. The van der Waals surface area contributed by atoms with E-state index in [0.29, 0.717) is 12.1 Å². The highest BCUT2D eigenvalue weighted by Crippen LogP contribution is 2.24. The topological polar surface area (TPSA) is 56.8 Å². The van der Waals surface area contributed by atoms with Crippen molar-refractivity contribution in [1.82, 2.24) is 9.66 Å². The fourth-order valence-electron chi connectivity index (χ4n) is 3.32. The number of pyridine rings is 1. The molecule has 4 rings (SSSR count). The molecule has 0 fully saturated rings. The predicted octanol–water partition coefficient (Wildman–Crippen LogP) is 3.91. The minimum Gasteiger partial charge on any atom is -0.618 e. The molecule has 0 aliphatic carbocycles. The molecule has 2 aromatic carbocycles. The Morgan fingerprint density at radius 2 is 1.85 bits per heavy atom. The maximum absolute atomic E-state index is 12.4. The molecule has 0 unspecified atom stereocenters. The third kappa shape index (κ3) is 2.96. The van der Waals surface area contributed by atoms with Crippen molar-refractivity contribution < 1.29 is 4.73 Å². The second kappa shape index (κ2) is 7.04. The molecule has 0 aliphatic rings. The predicted molar refractivity (Wildman–Crippen MR) is 104 cm³/mol. The second-order valence-electron chi connectivity index (χ2n) is 6.49. The Bertz CT molecular complexity index is 1040. The second-order valence-corrected chi connectivity index (χ2v) is 6.49. The van der Waals surface area contributed by atoms with Gasteiger partial charge >= 0.3 is 0 Å². The van der Waals surface area contributed by atoms with Gasteiger partial charge in [-0.15, -0.1) is 0 Å². The summed E-state index contributed by atoms with van der Waals surface area (Å²) in [6.07, 6.45) is 4.61. The molecule has 0 bridgehead atoms. The molecule has 5 heteroatoms. The zero-order chi connectivity index (χ0) is 17.9. The number of hydrogen-bond acceptors (Lipinski definition) is 3. The normalized spacial score (nSPS) is 11.3. The van der Waals surface area contributed by atoms with Crippen LogP contribution in [0.15, 0.2) is 60.8 Å². The van der Waals surface area contributed by atoms with Crippen LogP contribution >= 0.6 is 0 Å². The third-order valence-corrected chi connectivity index (χ3v) is 4.65. The molecule has 0 spiro atoms. The van der Waals surface area contributed by atoms with Gasteiger partial charge in [-0.05, 0) is 18.1 Å². The van der Waals surface area contributed by atoms with Gasteiger partial charge in [0.15, 0.2) is 5.52 Å². The maximum atomic E-state index is 12.4. The first kappa shape index (κ1) is 16.4. The van der Waals surface area contributed by atoms with Gasteiger partial charge in [-0.2, -0.15) is 4.73 Å². The van der Waals surface area contributed by atoms with Gasteiger partial charge in [-0.3, -0.25) is 0 Å². The van der Waals surface area contributed by atoms with Crippen molar-refractivity contribution in [2.24, 2.45) is 0 Å². The van der Waals surface area contributed by atoms with Gasteiger partial charge in [-0.25, -0.2) is 9.66 Å². The lowest BCUT2D eigenvalue weighted by Crippen LogP contribution is -2.26. The quantitative estimate of drug-likeness (QED) is 0.425. The van der Waals surface area contributed by atoms with E-state index in [9.17, 15) is 5.21 Å². The van der Waals surface area contributed by atoms with Crippen molar-refractivity contribution >= 4 is 21.9 Å². The summed E-state index contributed by atoms with van der Waals surface area (Å²) in [5, 5.41) is 13.3. The van der Waals surface area contributed by atoms with Gasteiger partial charge in [0, 0.05) is 12.5 Å². The SMILES string of the molecule is CCCCc1nc2c[n+]([O-])c3ccccc3c2n1NCc1ccccc1. The van der Waals surface area contributed by atoms with Crippen molar-refractivity contribution in [1.29, 1.82) is 0 Å². The minimum atomic E-state index is 0.657. The standard InChI is InChI=1S/C21H22N4O/c1-2-3-13-20-23-18-15-24(26)19-12-8-7-11-17(19)21(18)25(20)22-14-16-9-5-4-6-10-16/h4-12,15,22H,2-3,13-14H2,1H3. The fourth-order valence-corrected chi connectivity index (χ4v) is 3.32. The molecule has 0 saturated carbocycles. The molecule has 0 saturated heterocycles. The summed E-state index contributed by atoms with van der Waals surface area (Å²) < 4.78 is 2.98. The van der Waals surface area contributed by atoms with E-state index in [-0.39, 0.29) is 0 Å². The molecule has 132 valence electrons. The first-order valence-electron chi connectivity index (χ1n) is 9.08. The van der Waals surface area contributed by atoms with Crippen LogP contribution in [0.25, 0.3) is 21.9 Å². The number of rotatable bonds is 6. The number of aryl methyl sites for hydroxylation is 1. The van der Waals surface area contributed by atoms with Crippen LogP contribution < -0.4 is 10.2 Å². The van der Waals surface area contributed by atoms with Gasteiger partial charge in [-0.1, -0.05) is 55.8 Å². The molecule has 0 atom stereocenters. The minimum absolute atomic E-state index is 0.657. The fraction of sp³-hybridized carbons (Fsp3) is 0.238. The van der Waals surface area contributed by atoms with E-state index in [1.165, 1.54) is 5.56 Å². The smallest absolute Gasteiger partial charge is 0.226 e. The zero-order valence-electron chi connectivity index (χ0n) is 14.9. The summed E-state index contributed by atoms with van der Waals surface area (Å²) in [6, 6.07) is 18.0. The Morgan fingerprint density at radius 3 is 2.65 bits per heavy atom. The van der Waals surface area contributed by atoms with E-state index in [2.05, 4.69) is 29.2 Å². The van der Waals surface area contributed by atoms with Crippen molar-refractivity contribution in [3.05, 3.63) is 77.4 Å². The van der Waals surface area contributed by atoms with E-state index < -0.39 is 0 Å². The van der Waals surface area contributed by atoms with Crippen LogP contribution in [0.3, 0.4) is 0 Å². The first-order chi connectivity index (χ1) is 12.8.